The van der Waals surface area contributed by atoms with Crippen molar-refractivity contribution in [2.45, 2.75) is 257 Å². The Labute approximate surface area is 437 Å². The summed E-state index contributed by atoms with van der Waals surface area (Å²) in [5, 5.41) is 9.70. The second kappa shape index (κ2) is 53.0. The minimum atomic E-state index is -1.52. The molecule has 9 nitrogen and oxygen atoms in total. The number of rotatable bonds is 53. The number of unbranched alkanes of at least 4 members (excludes halogenated alkanes) is 26. The van der Waals surface area contributed by atoms with Gasteiger partial charge in [-0.3, -0.25) is 9.59 Å². The maximum absolute atomic E-state index is 12.8. The van der Waals surface area contributed by atoms with Gasteiger partial charge in [-0.05, 0) is 64.2 Å². The van der Waals surface area contributed by atoms with Gasteiger partial charge in [-0.2, -0.15) is 0 Å². The van der Waals surface area contributed by atoms with Gasteiger partial charge in [0, 0.05) is 12.8 Å². The summed E-state index contributed by atoms with van der Waals surface area (Å²) in [7, 11) is 5.95. The molecule has 1 N–H and O–H groups in total. The first kappa shape index (κ1) is 67.7. The fraction of sp³-hybridized carbons (Fsp3) is 0.758. The van der Waals surface area contributed by atoms with Crippen molar-refractivity contribution in [3.63, 3.8) is 0 Å². The molecule has 0 spiro atoms. The summed E-state index contributed by atoms with van der Waals surface area (Å²) in [5.74, 6) is -2.06. The van der Waals surface area contributed by atoms with Gasteiger partial charge in [0.2, 0.25) is 0 Å². The molecule has 0 heterocycles. The number of esters is 2. The van der Waals surface area contributed by atoms with Crippen molar-refractivity contribution in [3.05, 3.63) is 72.9 Å². The van der Waals surface area contributed by atoms with Crippen LogP contribution in [0.25, 0.3) is 0 Å². The summed E-state index contributed by atoms with van der Waals surface area (Å²) in [6.07, 6.45) is 65.6. The van der Waals surface area contributed by atoms with Gasteiger partial charge >= 0.3 is 17.9 Å². The molecule has 0 radical (unpaired) electrons. The Morgan fingerprint density at radius 1 is 0.437 bits per heavy atom. The molecule has 0 aliphatic heterocycles. The molecule has 2 unspecified atom stereocenters. The van der Waals surface area contributed by atoms with Crippen LogP contribution in [0.15, 0.2) is 72.9 Å². The monoisotopic (exact) mass is 997 g/mol. The Kier molecular flexibility index (Phi) is 50.6. The number of carbonyl (C=O) groups is 3. The molecule has 2 atom stereocenters. The van der Waals surface area contributed by atoms with Crippen molar-refractivity contribution in [2.75, 3.05) is 47.5 Å². The third-order valence-corrected chi connectivity index (χ3v) is 12.5. The van der Waals surface area contributed by atoms with E-state index in [0.29, 0.717) is 23.9 Å². The van der Waals surface area contributed by atoms with Gasteiger partial charge in [-0.1, -0.05) is 241 Å². The van der Waals surface area contributed by atoms with E-state index in [1.165, 1.54) is 141 Å². The van der Waals surface area contributed by atoms with Gasteiger partial charge in [0.05, 0.1) is 34.4 Å². The average molecular weight is 998 g/mol. The zero-order valence-electron chi connectivity index (χ0n) is 46.6. The van der Waals surface area contributed by atoms with E-state index in [1.807, 2.05) is 21.1 Å². The predicted octanol–water partition coefficient (Wildman–Crippen LogP) is 17.0. The third-order valence-electron chi connectivity index (χ3n) is 12.5. The van der Waals surface area contributed by atoms with Gasteiger partial charge < -0.3 is 28.5 Å². The van der Waals surface area contributed by atoms with Gasteiger partial charge in [0.15, 0.2) is 6.10 Å². The summed E-state index contributed by atoms with van der Waals surface area (Å²) >= 11 is 0. The number of carboxylic acids is 1. The highest BCUT2D eigenvalue weighted by molar-refractivity contribution is 5.71. The Morgan fingerprint density at radius 3 is 1.20 bits per heavy atom. The number of carboxylic acid groups (broad SMARTS) is 1. The lowest BCUT2D eigenvalue weighted by molar-refractivity contribution is -0.870. The maximum Gasteiger partial charge on any atom is 0.361 e. The van der Waals surface area contributed by atoms with Crippen molar-refractivity contribution >= 4 is 17.9 Å². The second-order valence-corrected chi connectivity index (χ2v) is 20.6. The molecule has 0 aliphatic carbocycles. The fourth-order valence-corrected chi connectivity index (χ4v) is 8.02. The molecule has 0 saturated heterocycles. The summed E-state index contributed by atoms with van der Waals surface area (Å²) in [5.41, 5.74) is 0. The standard InChI is InChI=1S/C62H109NO8/c1-6-8-10-12-14-16-18-20-22-24-26-28-29-30-31-33-34-36-38-40-42-44-46-48-50-52-59(64)69-56-58(57-70-62(61(66)67)68-55-54-63(3,4)5)71-60(65)53-51-49-47-45-43-41-39-37-35-32-27-25-23-21-19-17-15-13-11-9-7-2/h9,11,15,17,21,23,27,32,37,39,43,45,58,62H,6-8,10,12-14,16,18-20,22,24-26,28-31,33-36,38,40-42,44,46-57H2,1-5H3/p+1/b11-9-,17-15-,23-21-,32-27-,39-37-,45-43-. The van der Waals surface area contributed by atoms with Crippen molar-refractivity contribution in [1.82, 2.24) is 0 Å². The van der Waals surface area contributed by atoms with Crippen LogP contribution in [0, 0.1) is 0 Å². The van der Waals surface area contributed by atoms with Crippen molar-refractivity contribution in [3.8, 4) is 0 Å². The van der Waals surface area contributed by atoms with E-state index in [9.17, 15) is 19.5 Å². The highest BCUT2D eigenvalue weighted by Gasteiger charge is 2.25. The molecule has 0 bridgehead atoms. The number of nitrogens with zero attached hydrogens (tertiary/aromatic N) is 1. The molecule has 0 aromatic rings. The highest BCUT2D eigenvalue weighted by Crippen LogP contribution is 2.17. The first-order valence-electron chi connectivity index (χ1n) is 29.1. The number of allylic oxidation sites excluding steroid dienone is 12. The maximum atomic E-state index is 12.8. The van der Waals surface area contributed by atoms with E-state index >= 15 is 0 Å². The molecule has 0 rings (SSSR count). The highest BCUT2D eigenvalue weighted by atomic mass is 16.7. The molecular formula is C62H110NO8+. The largest absolute Gasteiger partial charge is 0.477 e. The number of aliphatic carboxylic acids is 1. The van der Waals surface area contributed by atoms with Crippen LogP contribution < -0.4 is 0 Å². The lowest BCUT2D eigenvalue weighted by Gasteiger charge is -2.25. The van der Waals surface area contributed by atoms with Crippen LogP contribution in [-0.4, -0.2) is 87.4 Å². The molecule has 410 valence electrons. The second-order valence-electron chi connectivity index (χ2n) is 20.6. The Hall–Kier alpha value is -3.27. The number of carbonyl (C=O) groups excluding carboxylic acids is 2. The van der Waals surface area contributed by atoms with Crippen LogP contribution in [0.1, 0.15) is 245 Å². The van der Waals surface area contributed by atoms with Crippen LogP contribution >= 0.6 is 0 Å². The van der Waals surface area contributed by atoms with Crippen molar-refractivity contribution in [2.24, 2.45) is 0 Å². The van der Waals surface area contributed by atoms with E-state index in [4.69, 9.17) is 18.9 Å². The molecule has 71 heavy (non-hydrogen) atoms. The van der Waals surface area contributed by atoms with E-state index < -0.39 is 24.3 Å². The molecule has 0 amide bonds. The normalized spacial score (nSPS) is 13.3. The number of hydrogen-bond acceptors (Lipinski definition) is 7. The summed E-state index contributed by atoms with van der Waals surface area (Å²) in [6.45, 7) is 4.73. The van der Waals surface area contributed by atoms with E-state index in [-0.39, 0.29) is 32.2 Å². The summed E-state index contributed by atoms with van der Waals surface area (Å²) < 4.78 is 22.8. The van der Waals surface area contributed by atoms with E-state index in [0.717, 1.165) is 70.6 Å². The van der Waals surface area contributed by atoms with E-state index in [2.05, 4.69) is 86.8 Å². The average Bonchev–Trinajstić information content (AvgIpc) is 3.34. The topological polar surface area (TPSA) is 108 Å². The minimum Gasteiger partial charge on any atom is -0.477 e. The molecule has 0 saturated carbocycles. The number of likely N-dealkylation sites (N-methyl/N-ethyl adjacent to an activating group) is 1. The van der Waals surface area contributed by atoms with Crippen LogP contribution in [0.4, 0.5) is 0 Å². The molecule has 0 aliphatic rings. The van der Waals surface area contributed by atoms with Gasteiger partial charge in [0.25, 0.3) is 6.29 Å². The Bertz CT molecular complexity index is 1390. The first-order valence-corrected chi connectivity index (χ1v) is 29.1. The van der Waals surface area contributed by atoms with Crippen LogP contribution in [-0.2, 0) is 33.3 Å². The van der Waals surface area contributed by atoms with Crippen LogP contribution in [0.3, 0.4) is 0 Å². The van der Waals surface area contributed by atoms with Crippen molar-refractivity contribution in [1.29, 1.82) is 0 Å². The van der Waals surface area contributed by atoms with Crippen LogP contribution in [0.2, 0.25) is 0 Å². The van der Waals surface area contributed by atoms with Gasteiger partial charge in [-0.25, -0.2) is 4.79 Å². The Morgan fingerprint density at radius 2 is 0.803 bits per heavy atom. The Balaban J connectivity index is 4.29. The smallest absolute Gasteiger partial charge is 0.361 e. The van der Waals surface area contributed by atoms with Gasteiger partial charge in [0.1, 0.15) is 13.2 Å². The summed E-state index contributed by atoms with van der Waals surface area (Å²) in [6, 6.07) is 0. The zero-order chi connectivity index (χ0) is 52.0. The minimum absolute atomic E-state index is 0.177. The first-order chi connectivity index (χ1) is 34.6. The molecular weight excluding hydrogens is 887 g/mol. The summed E-state index contributed by atoms with van der Waals surface area (Å²) in [4.78, 5) is 37.4. The molecule has 0 fully saturated rings. The molecule has 9 heteroatoms. The zero-order valence-corrected chi connectivity index (χ0v) is 46.6. The van der Waals surface area contributed by atoms with Crippen LogP contribution in [0.5, 0.6) is 0 Å². The van der Waals surface area contributed by atoms with Gasteiger partial charge in [-0.15, -0.1) is 0 Å². The number of ether oxygens (including phenoxy) is 4. The quantitative estimate of drug-likeness (QED) is 0.0211. The lowest BCUT2D eigenvalue weighted by Crippen LogP contribution is -2.40. The number of quaternary nitrogens is 1. The van der Waals surface area contributed by atoms with E-state index in [1.54, 1.807) is 0 Å². The number of hydrogen-bond donors (Lipinski definition) is 1. The molecule has 0 aromatic heterocycles. The SMILES string of the molecule is CC/C=C\C/C=C\C/C=C\C/C=C\C/C=C\C/C=C\CCCCC(=O)OC(COC(=O)CCCCCCCCCCCCCCCCCCCCCCCCCCC)COC(OCC[N+](C)(C)C)C(=O)O. The third kappa shape index (κ3) is 54.3. The molecule has 0 aromatic carbocycles. The fourth-order valence-electron chi connectivity index (χ4n) is 8.02. The predicted molar refractivity (Wildman–Crippen MR) is 299 cm³/mol. The lowest BCUT2D eigenvalue weighted by atomic mass is 10.0. The van der Waals surface area contributed by atoms with Crippen molar-refractivity contribution < 1.29 is 42.9 Å².